The van der Waals surface area contributed by atoms with E-state index in [0.717, 1.165) is 42.3 Å². The molecule has 0 amide bonds. The first-order valence-electron chi connectivity index (χ1n) is 10.7. The van der Waals surface area contributed by atoms with Gasteiger partial charge in [0.1, 0.15) is 0 Å². The predicted octanol–water partition coefficient (Wildman–Crippen LogP) is 4.95. The minimum atomic E-state index is -1.03. The Hall–Kier alpha value is -1.48. The van der Waals surface area contributed by atoms with Crippen LogP contribution in [0.5, 0.6) is 0 Å². The van der Waals surface area contributed by atoms with Crippen molar-refractivity contribution in [1.29, 1.82) is 0 Å². The molecule has 2 heterocycles. The maximum Gasteiger partial charge on any atom is 0.246 e. The fourth-order valence-electron chi connectivity index (χ4n) is 3.85. The zero-order chi connectivity index (χ0) is 21.2. The molecule has 2 unspecified atom stereocenters. The Morgan fingerprint density at radius 1 is 1.07 bits per heavy atom. The van der Waals surface area contributed by atoms with Crippen LogP contribution in [0, 0.1) is 0 Å². The van der Waals surface area contributed by atoms with Gasteiger partial charge in [-0.05, 0) is 57.9 Å². The predicted molar refractivity (Wildman–Crippen MR) is 116 cm³/mol. The molecule has 1 aliphatic carbocycles. The van der Waals surface area contributed by atoms with Crippen LogP contribution in [0.3, 0.4) is 0 Å². The second-order valence-electron chi connectivity index (χ2n) is 8.52. The zero-order valence-corrected chi connectivity index (χ0v) is 18.5. The lowest BCUT2D eigenvalue weighted by atomic mass is 9.94. The highest BCUT2D eigenvalue weighted by molar-refractivity contribution is 6.31. The molecule has 0 radical (unpaired) electrons. The topological polar surface area (TPSA) is 73.9 Å². The lowest BCUT2D eigenvalue weighted by Crippen LogP contribution is -2.58. The van der Waals surface area contributed by atoms with E-state index in [2.05, 4.69) is 22.5 Å². The number of nitrogens with zero attached hydrogens (tertiary/aromatic N) is 1. The van der Waals surface area contributed by atoms with Gasteiger partial charge in [0.05, 0.1) is 11.6 Å². The van der Waals surface area contributed by atoms with Gasteiger partial charge in [0, 0.05) is 47.7 Å². The van der Waals surface area contributed by atoms with Gasteiger partial charge in [-0.15, -0.1) is 0 Å². The summed E-state index contributed by atoms with van der Waals surface area (Å²) in [6, 6.07) is 7.68. The van der Waals surface area contributed by atoms with E-state index in [1.54, 1.807) is 6.20 Å². The second kappa shape index (κ2) is 8.94. The van der Waals surface area contributed by atoms with Gasteiger partial charge in [0.2, 0.25) is 11.6 Å². The van der Waals surface area contributed by atoms with Crippen LogP contribution in [0.4, 0.5) is 5.69 Å². The largest absolute Gasteiger partial charge is 0.381 e. The molecule has 1 saturated carbocycles. The summed E-state index contributed by atoms with van der Waals surface area (Å²) in [5.74, 6) is -1.78. The standard InChI is InChI=1S/C22H30ClN3O4/c1-15(26-19-9-12-24-20-13-17(23)7-8-18(19)20)14-25-16(2)21(3)27-29-22(30-28-21)10-5-4-6-11-22/h7-9,12-13,15-16,25H,4-6,10-11,14H2,1-3H3,(H,24,26). The number of nitrogens with one attached hydrogen (secondary N) is 2. The third-order valence-corrected chi connectivity index (χ3v) is 6.19. The van der Waals surface area contributed by atoms with Crippen LogP contribution in [-0.4, -0.2) is 35.2 Å². The van der Waals surface area contributed by atoms with Crippen molar-refractivity contribution in [1.82, 2.24) is 10.3 Å². The SMILES string of the molecule is CC(CNC(C)C1(C)OOC2(CCCCC2)OO1)Nc1ccnc2cc(Cl)ccc12. The minimum absolute atomic E-state index is 0.146. The third kappa shape index (κ3) is 4.72. The Morgan fingerprint density at radius 2 is 1.80 bits per heavy atom. The highest BCUT2D eigenvalue weighted by Crippen LogP contribution is 2.39. The lowest BCUT2D eigenvalue weighted by molar-refractivity contribution is -0.659. The average Bonchev–Trinajstić information content (AvgIpc) is 2.75. The van der Waals surface area contributed by atoms with Gasteiger partial charge in [-0.2, -0.15) is 19.6 Å². The Morgan fingerprint density at radius 3 is 2.53 bits per heavy atom. The number of pyridine rings is 1. The van der Waals surface area contributed by atoms with E-state index in [9.17, 15) is 0 Å². The van der Waals surface area contributed by atoms with Gasteiger partial charge in [-0.3, -0.25) is 4.98 Å². The van der Waals surface area contributed by atoms with Crippen LogP contribution < -0.4 is 10.6 Å². The molecule has 2 N–H and O–H groups in total. The van der Waals surface area contributed by atoms with E-state index in [-0.39, 0.29) is 12.1 Å². The summed E-state index contributed by atoms with van der Waals surface area (Å²) in [6.45, 7) is 6.60. The first-order valence-corrected chi connectivity index (χ1v) is 11.0. The summed E-state index contributed by atoms with van der Waals surface area (Å²) >= 11 is 6.08. The van der Waals surface area contributed by atoms with E-state index >= 15 is 0 Å². The molecule has 2 atom stereocenters. The van der Waals surface area contributed by atoms with E-state index in [1.807, 2.05) is 38.1 Å². The number of fused-ring (bicyclic) bond motifs is 1. The Bertz CT molecular complexity index is 865. The molecule has 1 aliphatic heterocycles. The molecule has 2 aliphatic rings. The Balaban J connectivity index is 1.31. The third-order valence-electron chi connectivity index (χ3n) is 5.96. The van der Waals surface area contributed by atoms with Crippen molar-refractivity contribution in [2.75, 3.05) is 11.9 Å². The molecule has 7 nitrogen and oxygen atoms in total. The second-order valence-corrected chi connectivity index (χ2v) is 8.95. The number of rotatable bonds is 6. The lowest BCUT2D eigenvalue weighted by Gasteiger charge is -2.45. The van der Waals surface area contributed by atoms with Crippen LogP contribution in [0.15, 0.2) is 30.5 Å². The fraction of sp³-hybridized carbons (Fsp3) is 0.591. The van der Waals surface area contributed by atoms with Crippen molar-refractivity contribution in [3.05, 3.63) is 35.5 Å². The first-order chi connectivity index (χ1) is 14.4. The highest BCUT2D eigenvalue weighted by atomic mass is 35.5. The molecule has 30 heavy (non-hydrogen) atoms. The quantitative estimate of drug-likeness (QED) is 0.621. The summed E-state index contributed by atoms with van der Waals surface area (Å²) in [5, 5.41) is 8.70. The van der Waals surface area contributed by atoms with Crippen molar-refractivity contribution in [2.24, 2.45) is 0 Å². The van der Waals surface area contributed by atoms with E-state index in [0.29, 0.717) is 11.6 Å². The molecular formula is C22H30ClN3O4. The summed E-state index contributed by atoms with van der Waals surface area (Å²) in [7, 11) is 0. The van der Waals surface area contributed by atoms with Gasteiger partial charge in [0.15, 0.2) is 0 Å². The van der Waals surface area contributed by atoms with Gasteiger partial charge in [-0.1, -0.05) is 18.0 Å². The van der Waals surface area contributed by atoms with E-state index in [1.165, 1.54) is 6.42 Å². The fourth-order valence-corrected chi connectivity index (χ4v) is 4.02. The molecule has 1 spiro atoms. The van der Waals surface area contributed by atoms with Crippen molar-refractivity contribution < 1.29 is 19.6 Å². The van der Waals surface area contributed by atoms with Gasteiger partial charge < -0.3 is 10.6 Å². The van der Waals surface area contributed by atoms with Gasteiger partial charge >= 0.3 is 0 Å². The summed E-state index contributed by atoms with van der Waals surface area (Å²) in [6.07, 6.45) is 6.65. The molecule has 4 rings (SSSR count). The Kier molecular flexibility index (Phi) is 6.48. The molecule has 1 saturated heterocycles. The maximum absolute atomic E-state index is 6.08. The van der Waals surface area contributed by atoms with Crippen LogP contribution in [0.25, 0.3) is 10.9 Å². The number of benzene rings is 1. The van der Waals surface area contributed by atoms with Gasteiger partial charge in [0.25, 0.3) is 0 Å². The van der Waals surface area contributed by atoms with Crippen LogP contribution in [0.2, 0.25) is 5.02 Å². The molecule has 1 aromatic heterocycles. The number of anilines is 1. The van der Waals surface area contributed by atoms with E-state index < -0.39 is 11.6 Å². The summed E-state index contributed by atoms with van der Waals surface area (Å²) in [5.41, 5.74) is 1.88. The molecular weight excluding hydrogens is 406 g/mol. The summed E-state index contributed by atoms with van der Waals surface area (Å²) in [4.78, 5) is 27.1. The van der Waals surface area contributed by atoms with Crippen LogP contribution in [-0.2, 0) is 19.6 Å². The molecule has 1 aromatic carbocycles. The van der Waals surface area contributed by atoms with Crippen molar-refractivity contribution in [3.63, 3.8) is 0 Å². The molecule has 0 bridgehead atoms. The molecule has 8 heteroatoms. The number of halogens is 1. The minimum Gasteiger partial charge on any atom is -0.381 e. The van der Waals surface area contributed by atoms with Crippen molar-refractivity contribution in [3.8, 4) is 0 Å². The van der Waals surface area contributed by atoms with Crippen molar-refractivity contribution >= 4 is 28.2 Å². The molecule has 164 valence electrons. The normalized spacial score (nSPS) is 22.7. The van der Waals surface area contributed by atoms with Crippen LogP contribution >= 0.6 is 11.6 Å². The molecule has 2 aromatic rings. The highest BCUT2D eigenvalue weighted by Gasteiger charge is 2.49. The van der Waals surface area contributed by atoms with E-state index in [4.69, 9.17) is 31.2 Å². The van der Waals surface area contributed by atoms with Gasteiger partial charge in [-0.25, -0.2) is 0 Å². The maximum atomic E-state index is 6.08. The zero-order valence-electron chi connectivity index (χ0n) is 17.7. The summed E-state index contributed by atoms with van der Waals surface area (Å²) < 4.78 is 0. The average molecular weight is 436 g/mol. The van der Waals surface area contributed by atoms with Crippen LogP contribution in [0.1, 0.15) is 52.9 Å². The number of aromatic nitrogens is 1. The van der Waals surface area contributed by atoms with Crippen molar-refractivity contribution in [2.45, 2.75) is 76.5 Å². The smallest absolute Gasteiger partial charge is 0.246 e. The number of hydrogen-bond acceptors (Lipinski definition) is 7. The molecule has 2 fully saturated rings. The number of hydrogen-bond donors (Lipinski definition) is 2. The monoisotopic (exact) mass is 435 g/mol. The Labute approximate surface area is 182 Å². The first kappa shape index (κ1) is 21.7.